The SMILES string of the molecule is COCCOC(=O)Nc1ccc(Nc2nccc(-c3cnc(NCC4CCCO4)s3)n2)cc1. The Hall–Kier alpha value is -3.28. The van der Waals surface area contributed by atoms with E-state index in [-0.39, 0.29) is 12.7 Å². The highest BCUT2D eigenvalue weighted by Crippen LogP contribution is 2.28. The summed E-state index contributed by atoms with van der Waals surface area (Å²) in [7, 11) is 1.55. The predicted molar refractivity (Wildman–Crippen MR) is 127 cm³/mol. The summed E-state index contributed by atoms with van der Waals surface area (Å²) in [6.07, 6.45) is 5.44. The maximum absolute atomic E-state index is 11.7. The number of hydrogen-bond donors (Lipinski definition) is 3. The summed E-state index contributed by atoms with van der Waals surface area (Å²) in [6.45, 7) is 2.15. The van der Waals surface area contributed by atoms with Crippen molar-refractivity contribution in [1.82, 2.24) is 15.0 Å². The lowest BCUT2D eigenvalue weighted by Gasteiger charge is -2.09. The molecule has 0 saturated carbocycles. The van der Waals surface area contributed by atoms with Crippen molar-refractivity contribution in [2.24, 2.45) is 0 Å². The van der Waals surface area contributed by atoms with Crippen LogP contribution in [0.15, 0.2) is 42.7 Å². The maximum atomic E-state index is 11.7. The molecule has 174 valence electrons. The minimum atomic E-state index is -0.530. The van der Waals surface area contributed by atoms with E-state index >= 15 is 0 Å². The summed E-state index contributed by atoms with van der Waals surface area (Å²) < 4.78 is 15.5. The van der Waals surface area contributed by atoms with E-state index < -0.39 is 6.09 Å². The summed E-state index contributed by atoms with van der Waals surface area (Å²) in [6, 6.07) is 9.02. The normalized spacial score (nSPS) is 15.2. The Kier molecular flexibility index (Phi) is 8.01. The van der Waals surface area contributed by atoms with Crippen molar-refractivity contribution in [3.8, 4) is 10.6 Å². The molecule has 0 radical (unpaired) electrons. The molecule has 3 heterocycles. The van der Waals surface area contributed by atoms with Gasteiger partial charge in [0.05, 0.1) is 23.3 Å². The van der Waals surface area contributed by atoms with E-state index in [1.807, 2.05) is 18.2 Å². The van der Waals surface area contributed by atoms with Gasteiger partial charge in [-0.15, -0.1) is 0 Å². The van der Waals surface area contributed by atoms with E-state index in [9.17, 15) is 4.79 Å². The maximum Gasteiger partial charge on any atom is 0.411 e. The molecule has 0 aliphatic carbocycles. The van der Waals surface area contributed by atoms with E-state index in [0.29, 0.717) is 18.2 Å². The van der Waals surface area contributed by atoms with E-state index in [1.54, 1.807) is 43.0 Å². The third-order valence-corrected chi connectivity index (χ3v) is 5.80. The molecule has 0 spiro atoms. The van der Waals surface area contributed by atoms with Crippen LogP contribution in [0.25, 0.3) is 10.6 Å². The lowest BCUT2D eigenvalue weighted by Crippen LogP contribution is -2.18. The Balaban J connectivity index is 1.32. The first-order chi connectivity index (χ1) is 16.2. The molecule has 1 saturated heterocycles. The number of rotatable bonds is 10. The van der Waals surface area contributed by atoms with E-state index in [2.05, 4.69) is 30.9 Å². The zero-order valence-corrected chi connectivity index (χ0v) is 19.1. The van der Waals surface area contributed by atoms with Crippen LogP contribution in [-0.2, 0) is 14.2 Å². The average Bonchev–Trinajstić information content (AvgIpc) is 3.52. The molecule has 1 fully saturated rings. The number of anilines is 4. The molecule has 1 atom stereocenters. The van der Waals surface area contributed by atoms with Crippen molar-refractivity contribution < 1.29 is 19.0 Å². The average molecular weight is 471 g/mol. The second-order valence-electron chi connectivity index (χ2n) is 7.27. The van der Waals surface area contributed by atoms with Crippen LogP contribution in [0.4, 0.5) is 27.2 Å². The fraction of sp³-hybridized carbons (Fsp3) is 0.364. The fourth-order valence-corrected chi connectivity index (χ4v) is 3.97. The monoisotopic (exact) mass is 470 g/mol. The van der Waals surface area contributed by atoms with E-state index in [4.69, 9.17) is 14.2 Å². The smallest absolute Gasteiger partial charge is 0.411 e. The number of aromatic nitrogens is 3. The van der Waals surface area contributed by atoms with Crippen molar-refractivity contribution in [1.29, 1.82) is 0 Å². The second-order valence-corrected chi connectivity index (χ2v) is 8.30. The number of nitrogens with zero attached hydrogens (tertiary/aromatic N) is 3. The number of methoxy groups -OCH3 is 1. The largest absolute Gasteiger partial charge is 0.447 e. The van der Waals surface area contributed by atoms with Crippen molar-refractivity contribution in [2.75, 3.05) is 49.4 Å². The molecular weight excluding hydrogens is 444 g/mol. The molecule has 11 heteroatoms. The van der Waals surface area contributed by atoms with Gasteiger partial charge in [-0.2, -0.15) is 0 Å². The van der Waals surface area contributed by atoms with Gasteiger partial charge in [-0.05, 0) is 43.2 Å². The molecule has 0 bridgehead atoms. The van der Waals surface area contributed by atoms with Crippen molar-refractivity contribution in [2.45, 2.75) is 18.9 Å². The third-order valence-electron chi connectivity index (χ3n) is 4.83. The van der Waals surface area contributed by atoms with Gasteiger partial charge in [0.25, 0.3) is 0 Å². The first-order valence-electron chi connectivity index (χ1n) is 10.6. The van der Waals surface area contributed by atoms with Crippen LogP contribution in [0, 0.1) is 0 Å². The van der Waals surface area contributed by atoms with Crippen LogP contribution in [0.3, 0.4) is 0 Å². The summed E-state index contributed by atoms with van der Waals surface area (Å²) in [5, 5.41) is 10.0. The molecule has 10 nitrogen and oxygen atoms in total. The minimum Gasteiger partial charge on any atom is -0.447 e. The number of carbonyl (C=O) groups excluding carboxylic acids is 1. The lowest BCUT2D eigenvalue weighted by molar-refractivity contribution is 0.107. The van der Waals surface area contributed by atoms with Crippen molar-refractivity contribution >= 4 is 39.9 Å². The first kappa shape index (κ1) is 22.9. The summed E-state index contributed by atoms with van der Waals surface area (Å²) in [4.78, 5) is 26.0. The highest BCUT2D eigenvalue weighted by molar-refractivity contribution is 7.18. The minimum absolute atomic E-state index is 0.196. The van der Waals surface area contributed by atoms with E-state index in [0.717, 1.165) is 47.4 Å². The van der Waals surface area contributed by atoms with Gasteiger partial charge in [0, 0.05) is 44.0 Å². The first-order valence-corrected chi connectivity index (χ1v) is 11.5. The molecule has 2 aromatic heterocycles. The Morgan fingerprint density at radius 3 is 2.82 bits per heavy atom. The number of carbonyl (C=O) groups is 1. The number of benzene rings is 1. The molecule has 1 aliphatic rings. The standard InChI is InChI=1S/C22H26N6O4S/c1-30-11-12-32-22(29)27-16-6-4-15(5-7-16)26-20-23-9-8-18(28-20)19-14-25-21(33-19)24-13-17-3-2-10-31-17/h4-9,14,17H,2-3,10-13H2,1H3,(H,24,25)(H,27,29)(H,23,26,28). The van der Waals surface area contributed by atoms with Gasteiger partial charge in [0.1, 0.15) is 6.61 Å². The summed E-state index contributed by atoms with van der Waals surface area (Å²) >= 11 is 1.54. The topological polar surface area (TPSA) is 120 Å². The quantitative estimate of drug-likeness (QED) is 0.376. The number of ether oxygens (including phenoxy) is 3. The highest BCUT2D eigenvalue weighted by atomic mass is 32.1. The molecule has 3 N–H and O–H groups in total. The van der Waals surface area contributed by atoms with Gasteiger partial charge in [-0.1, -0.05) is 11.3 Å². The Bertz CT molecular complexity index is 1040. The van der Waals surface area contributed by atoms with Gasteiger partial charge in [-0.25, -0.2) is 19.7 Å². The predicted octanol–water partition coefficient (Wildman–Crippen LogP) is 4.13. The third kappa shape index (κ3) is 6.85. The van der Waals surface area contributed by atoms with Gasteiger partial charge < -0.3 is 24.8 Å². The fourth-order valence-electron chi connectivity index (χ4n) is 3.17. The molecule has 1 amide bonds. The number of amides is 1. The Morgan fingerprint density at radius 1 is 1.18 bits per heavy atom. The molecule has 3 aromatic rings. The summed E-state index contributed by atoms with van der Waals surface area (Å²) in [5.74, 6) is 0.467. The molecular formula is C22H26N6O4S. The van der Waals surface area contributed by atoms with Crippen LogP contribution in [0.2, 0.25) is 0 Å². The van der Waals surface area contributed by atoms with Crippen LogP contribution in [-0.4, -0.2) is 60.6 Å². The van der Waals surface area contributed by atoms with Crippen LogP contribution >= 0.6 is 11.3 Å². The molecule has 1 aromatic carbocycles. The lowest BCUT2D eigenvalue weighted by atomic mass is 10.2. The number of hydrogen-bond acceptors (Lipinski definition) is 10. The van der Waals surface area contributed by atoms with Crippen LogP contribution in [0.5, 0.6) is 0 Å². The Labute approximate surface area is 195 Å². The number of thiazole rings is 1. The number of nitrogens with one attached hydrogen (secondary N) is 3. The molecule has 1 aliphatic heterocycles. The van der Waals surface area contributed by atoms with Gasteiger partial charge >= 0.3 is 6.09 Å². The van der Waals surface area contributed by atoms with Gasteiger partial charge in [-0.3, -0.25) is 5.32 Å². The zero-order valence-electron chi connectivity index (χ0n) is 18.2. The molecule has 1 unspecified atom stereocenters. The summed E-state index contributed by atoms with van der Waals surface area (Å²) in [5.41, 5.74) is 2.19. The molecule has 33 heavy (non-hydrogen) atoms. The van der Waals surface area contributed by atoms with E-state index in [1.165, 1.54) is 0 Å². The Morgan fingerprint density at radius 2 is 2.03 bits per heavy atom. The van der Waals surface area contributed by atoms with Crippen LogP contribution < -0.4 is 16.0 Å². The van der Waals surface area contributed by atoms with Crippen molar-refractivity contribution in [3.63, 3.8) is 0 Å². The van der Waals surface area contributed by atoms with Gasteiger partial charge in [0.2, 0.25) is 5.95 Å². The molecule has 4 rings (SSSR count). The van der Waals surface area contributed by atoms with Gasteiger partial charge in [0.15, 0.2) is 5.13 Å². The van der Waals surface area contributed by atoms with Crippen LogP contribution in [0.1, 0.15) is 12.8 Å². The zero-order chi connectivity index (χ0) is 22.9. The highest BCUT2D eigenvalue weighted by Gasteiger charge is 2.16. The second kappa shape index (κ2) is 11.5. The van der Waals surface area contributed by atoms with Crippen molar-refractivity contribution in [3.05, 3.63) is 42.7 Å².